The van der Waals surface area contributed by atoms with Gasteiger partial charge in [-0.1, -0.05) is 31.4 Å². The molecule has 2 rings (SSSR count). The fourth-order valence-electron chi connectivity index (χ4n) is 2.67. The topological polar surface area (TPSA) is 47.6 Å². The maximum Gasteiger partial charge on any atom is 0.119 e. The van der Waals surface area contributed by atoms with E-state index in [1.807, 2.05) is 12.1 Å². The zero-order valence-corrected chi connectivity index (χ0v) is 11.8. The Balaban J connectivity index is 1.84. The molecule has 2 N–H and O–H groups in total. The van der Waals surface area contributed by atoms with Gasteiger partial charge in [-0.25, -0.2) is 0 Å². The van der Waals surface area contributed by atoms with Crippen LogP contribution in [0.15, 0.2) is 29.3 Å². The van der Waals surface area contributed by atoms with Crippen molar-refractivity contribution in [3.05, 3.63) is 29.8 Å². The first-order chi connectivity index (χ1) is 9.29. The van der Waals surface area contributed by atoms with E-state index in [1.165, 1.54) is 37.7 Å². The van der Waals surface area contributed by atoms with E-state index in [2.05, 4.69) is 17.1 Å². The molecule has 1 aromatic carbocycles. The monoisotopic (exact) mass is 260 g/mol. The fraction of sp³-hybridized carbons (Fsp3) is 0.562. The Morgan fingerprint density at radius 3 is 2.84 bits per heavy atom. The number of hydrogen-bond donors (Lipinski definition) is 1. The maximum absolute atomic E-state index is 6.09. The number of amidine groups is 1. The molecule has 0 unspecified atom stereocenters. The number of nitrogens with two attached hydrogens (primary N) is 1. The molecule has 0 radical (unpaired) electrons. The fourth-order valence-corrected chi connectivity index (χ4v) is 2.67. The molecule has 0 amide bonds. The van der Waals surface area contributed by atoms with Crippen molar-refractivity contribution in [2.75, 3.05) is 13.7 Å². The zero-order valence-electron chi connectivity index (χ0n) is 11.8. The van der Waals surface area contributed by atoms with Gasteiger partial charge in [0, 0.05) is 12.5 Å². The van der Waals surface area contributed by atoms with E-state index in [-0.39, 0.29) is 0 Å². The molecule has 1 saturated carbocycles. The third kappa shape index (κ3) is 4.27. The van der Waals surface area contributed by atoms with E-state index in [9.17, 15) is 0 Å². The quantitative estimate of drug-likeness (QED) is 0.653. The second-order valence-electron chi connectivity index (χ2n) is 5.24. The van der Waals surface area contributed by atoms with Crippen LogP contribution in [-0.4, -0.2) is 19.5 Å². The third-order valence-corrected chi connectivity index (χ3v) is 3.85. The van der Waals surface area contributed by atoms with E-state index >= 15 is 0 Å². The Morgan fingerprint density at radius 1 is 1.32 bits per heavy atom. The molecule has 0 aromatic heterocycles. The molecule has 1 fully saturated rings. The van der Waals surface area contributed by atoms with Crippen LogP contribution >= 0.6 is 0 Å². The number of aliphatic imine (C=N–C) groups is 1. The molecule has 0 atom stereocenters. The molecule has 0 bridgehead atoms. The van der Waals surface area contributed by atoms with Crippen molar-refractivity contribution in [3.8, 4) is 5.75 Å². The average Bonchev–Trinajstić information content (AvgIpc) is 2.48. The second kappa shape index (κ2) is 7.17. The molecule has 1 aliphatic carbocycles. The molecule has 0 aliphatic heterocycles. The molecule has 0 saturated heterocycles. The molecule has 1 aromatic rings. The van der Waals surface area contributed by atoms with Gasteiger partial charge >= 0.3 is 0 Å². The average molecular weight is 260 g/mol. The summed E-state index contributed by atoms with van der Waals surface area (Å²) in [6.45, 7) is 0.773. The molecular weight excluding hydrogens is 236 g/mol. The summed E-state index contributed by atoms with van der Waals surface area (Å²) in [6, 6.07) is 8.15. The molecule has 0 heterocycles. The van der Waals surface area contributed by atoms with Gasteiger partial charge in [0.15, 0.2) is 0 Å². The van der Waals surface area contributed by atoms with E-state index in [1.54, 1.807) is 7.11 Å². The standard InChI is InChI=1S/C16H24N2O/c1-19-15-9-5-6-13(12-15)10-11-18-16(17)14-7-3-2-4-8-14/h5-6,9,12,14H,2-4,7-8,10-11H2,1H3,(H2,17,18). The first-order valence-corrected chi connectivity index (χ1v) is 7.22. The lowest BCUT2D eigenvalue weighted by atomic mass is 9.88. The number of benzene rings is 1. The van der Waals surface area contributed by atoms with Crippen LogP contribution in [0.4, 0.5) is 0 Å². The van der Waals surface area contributed by atoms with E-state index in [4.69, 9.17) is 10.5 Å². The van der Waals surface area contributed by atoms with Crippen molar-refractivity contribution in [2.24, 2.45) is 16.6 Å². The summed E-state index contributed by atoms with van der Waals surface area (Å²) in [6.07, 6.45) is 7.31. The summed E-state index contributed by atoms with van der Waals surface area (Å²) in [5.41, 5.74) is 7.34. The molecule has 3 heteroatoms. The van der Waals surface area contributed by atoms with Gasteiger partial charge in [0.2, 0.25) is 0 Å². The lowest BCUT2D eigenvalue weighted by Gasteiger charge is -2.20. The Morgan fingerprint density at radius 2 is 2.11 bits per heavy atom. The molecule has 3 nitrogen and oxygen atoms in total. The van der Waals surface area contributed by atoms with Gasteiger partial charge in [0.1, 0.15) is 5.75 Å². The van der Waals surface area contributed by atoms with Gasteiger partial charge in [-0.15, -0.1) is 0 Å². The first kappa shape index (κ1) is 13.9. The highest BCUT2D eigenvalue weighted by Crippen LogP contribution is 2.23. The minimum absolute atomic E-state index is 0.527. The Hall–Kier alpha value is -1.51. The normalized spacial score (nSPS) is 17.4. The van der Waals surface area contributed by atoms with Gasteiger partial charge in [0.25, 0.3) is 0 Å². The SMILES string of the molecule is COc1cccc(CCN=C(N)C2CCCCC2)c1. The van der Waals surface area contributed by atoms with Crippen molar-refractivity contribution in [2.45, 2.75) is 38.5 Å². The van der Waals surface area contributed by atoms with Gasteiger partial charge < -0.3 is 10.5 Å². The highest BCUT2D eigenvalue weighted by Gasteiger charge is 2.16. The summed E-state index contributed by atoms with van der Waals surface area (Å²) < 4.78 is 5.22. The summed E-state index contributed by atoms with van der Waals surface area (Å²) >= 11 is 0. The summed E-state index contributed by atoms with van der Waals surface area (Å²) in [7, 11) is 1.69. The van der Waals surface area contributed by atoms with Crippen molar-refractivity contribution in [1.82, 2.24) is 0 Å². The Bertz CT molecular complexity index is 423. The van der Waals surface area contributed by atoms with Crippen molar-refractivity contribution in [1.29, 1.82) is 0 Å². The maximum atomic E-state index is 6.09. The summed E-state index contributed by atoms with van der Waals surface area (Å²) in [4.78, 5) is 4.55. The zero-order chi connectivity index (χ0) is 13.5. The lowest BCUT2D eigenvalue weighted by molar-refractivity contribution is 0.414. The predicted molar refractivity (Wildman–Crippen MR) is 79.8 cm³/mol. The van der Waals surface area contributed by atoms with Crippen LogP contribution in [0.3, 0.4) is 0 Å². The number of hydrogen-bond acceptors (Lipinski definition) is 2. The Labute approximate surface area is 115 Å². The molecular formula is C16H24N2O. The van der Waals surface area contributed by atoms with Crippen LogP contribution in [0.5, 0.6) is 5.75 Å². The van der Waals surface area contributed by atoms with Gasteiger partial charge in [0.05, 0.1) is 12.9 Å². The van der Waals surface area contributed by atoms with Crippen LogP contribution in [0.2, 0.25) is 0 Å². The van der Waals surface area contributed by atoms with Crippen LogP contribution in [0, 0.1) is 5.92 Å². The van der Waals surface area contributed by atoms with Gasteiger partial charge in [-0.2, -0.15) is 0 Å². The van der Waals surface area contributed by atoms with Crippen LogP contribution in [0.1, 0.15) is 37.7 Å². The van der Waals surface area contributed by atoms with Crippen LogP contribution in [0.25, 0.3) is 0 Å². The van der Waals surface area contributed by atoms with Crippen molar-refractivity contribution < 1.29 is 4.74 Å². The highest BCUT2D eigenvalue weighted by molar-refractivity contribution is 5.82. The highest BCUT2D eigenvalue weighted by atomic mass is 16.5. The number of ether oxygens (including phenoxy) is 1. The van der Waals surface area contributed by atoms with Crippen LogP contribution in [-0.2, 0) is 6.42 Å². The first-order valence-electron chi connectivity index (χ1n) is 7.22. The van der Waals surface area contributed by atoms with Crippen molar-refractivity contribution in [3.63, 3.8) is 0 Å². The van der Waals surface area contributed by atoms with E-state index in [0.29, 0.717) is 5.92 Å². The van der Waals surface area contributed by atoms with Gasteiger partial charge in [-0.05, 0) is 37.0 Å². The predicted octanol–water partition coefficient (Wildman–Crippen LogP) is 3.18. The van der Waals surface area contributed by atoms with Gasteiger partial charge in [-0.3, -0.25) is 4.99 Å². The van der Waals surface area contributed by atoms with E-state index in [0.717, 1.165) is 24.6 Å². The number of methoxy groups -OCH3 is 1. The summed E-state index contributed by atoms with van der Waals surface area (Å²) in [5, 5.41) is 0. The molecule has 104 valence electrons. The molecule has 0 spiro atoms. The second-order valence-corrected chi connectivity index (χ2v) is 5.24. The van der Waals surface area contributed by atoms with E-state index < -0.39 is 0 Å². The molecule has 1 aliphatic rings. The number of nitrogens with zero attached hydrogens (tertiary/aromatic N) is 1. The summed E-state index contributed by atoms with van der Waals surface area (Å²) in [5.74, 6) is 2.29. The van der Waals surface area contributed by atoms with Crippen LogP contribution < -0.4 is 10.5 Å². The largest absolute Gasteiger partial charge is 0.497 e. The number of rotatable bonds is 5. The van der Waals surface area contributed by atoms with Crippen molar-refractivity contribution >= 4 is 5.84 Å². The third-order valence-electron chi connectivity index (χ3n) is 3.85. The Kier molecular flexibility index (Phi) is 5.25. The lowest BCUT2D eigenvalue weighted by Crippen LogP contribution is -2.26. The minimum atomic E-state index is 0.527. The molecule has 19 heavy (non-hydrogen) atoms. The minimum Gasteiger partial charge on any atom is -0.497 e. The smallest absolute Gasteiger partial charge is 0.119 e.